The number of hydrogen-bond acceptors (Lipinski definition) is 4. The Labute approximate surface area is 125 Å². The third-order valence-corrected chi connectivity index (χ3v) is 3.12. The fourth-order valence-electron chi connectivity index (χ4n) is 2.15. The van der Waals surface area contributed by atoms with Gasteiger partial charge in [-0.05, 0) is 24.3 Å². The average Bonchev–Trinajstić information content (AvgIpc) is 2.53. The number of para-hydroxylation sites is 2. The lowest BCUT2D eigenvalue weighted by atomic mass is 10.1. The first-order chi connectivity index (χ1) is 10.6. The van der Waals surface area contributed by atoms with Gasteiger partial charge >= 0.3 is 0 Å². The number of rotatable bonds is 4. The fourth-order valence-corrected chi connectivity index (χ4v) is 2.15. The lowest BCUT2D eigenvalue weighted by molar-refractivity contribution is -0.119. The van der Waals surface area contributed by atoms with Crippen LogP contribution in [0.1, 0.15) is 0 Å². The lowest BCUT2D eigenvalue weighted by Crippen LogP contribution is -2.20. The second-order valence-corrected chi connectivity index (χ2v) is 4.68. The molecule has 0 aliphatic carbocycles. The quantitative estimate of drug-likeness (QED) is 0.761. The summed E-state index contributed by atoms with van der Waals surface area (Å²) in [5, 5.41) is 0.516. The molecule has 0 radical (unpaired) electrons. The molecule has 3 N–H and O–H groups in total. The van der Waals surface area contributed by atoms with E-state index >= 15 is 0 Å². The Balaban J connectivity index is 2.11. The second kappa shape index (κ2) is 5.69. The minimum atomic E-state index is -0.574. The summed E-state index contributed by atoms with van der Waals surface area (Å²) in [5.41, 5.74) is 6.04. The highest BCUT2D eigenvalue weighted by Gasteiger charge is 2.11. The van der Waals surface area contributed by atoms with Crippen LogP contribution in [0.2, 0.25) is 0 Å². The molecule has 6 heteroatoms. The number of nitrogens with zero attached hydrogens (tertiary/aromatic N) is 1. The third-order valence-electron chi connectivity index (χ3n) is 3.12. The SMILES string of the molecule is NC(=O)COc1ccccc1-c1nc2ccccc2c(=O)[nH]1. The predicted molar refractivity (Wildman–Crippen MR) is 82.5 cm³/mol. The molecule has 6 nitrogen and oxygen atoms in total. The molecule has 0 saturated carbocycles. The van der Waals surface area contributed by atoms with E-state index in [0.717, 1.165) is 0 Å². The number of fused-ring (bicyclic) bond motifs is 1. The number of amides is 1. The van der Waals surface area contributed by atoms with Gasteiger partial charge in [-0.1, -0.05) is 24.3 Å². The Morgan fingerprint density at radius 2 is 1.86 bits per heavy atom. The molecule has 2 aromatic carbocycles. The number of aromatic nitrogens is 2. The lowest BCUT2D eigenvalue weighted by Gasteiger charge is -2.10. The number of benzene rings is 2. The van der Waals surface area contributed by atoms with Crippen LogP contribution < -0.4 is 16.0 Å². The standard InChI is InChI=1S/C16H13N3O3/c17-14(20)9-22-13-8-4-2-6-11(13)15-18-12-7-3-1-5-10(12)16(21)19-15/h1-8H,9H2,(H2,17,20)(H,18,19,21). The first kappa shape index (κ1) is 13.8. The summed E-state index contributed by atoms with van der Waals surface area (Å²) >= 11 is 0. The van der Waals surface area contributed by atoms with Crippen LogP contribution in [0.15, 0.2) is 53.3 Å². The number of nitrogens with one attached hydrogen (secondary N) is 1. The van der Waals surface area contributed by atoms with E-state index in [9.17, 15) is 9.59 Å². The van der Waals surface area contributed by atoms with Crippen molar-refractivity contribution in [2.75, 3.05) is 6.61 Å². The van der Waals surface area contributed by atoms with Gasteiger partial charge in [0.05, 0.1) is 16.5 Å². The van der Waals surface area contributed by atoms with Gasteiger partial charge in [-0.15, -0.1) is 0 Å². The van der Waals surface area contributed by atoms with Crippen molar-refractivity contribution >= 4 is 16.8 Å². The molecule has 0 atom stereocenters. The van der Waals surface area contributed by atoms with E-state index < -0.39 is 5.91 Å². The van der Waals surface area contributed by atoms with Gasteiger partial charge in [0.1, 0.15) is 11.6 Å². The van der Waals surface area contributed by atoms with Crippen LogP contribution in [0.25, 0.3) is 22.3 Å². The Kier molecular flexibility index (Phi) is 3.57. The normalized spacial score (nSPS) is 10.5. The van der Waals surface area contributed by atoms with Crippen LogP contribution in [0.5, 0.6) is 5.75 Å². The Morgan fingerprint density at radius 1 is 1.14 bits per heavy atom. The third kappa shape index (κ3) is 2.67. The Morgan fingerprint density at radius 3 is 2.68 bits per heavy atom. The molecule has 22 heavy (non-hydrogen) atoms. The largest absolute Gasteiger partial charge is 0.483 e. The van der Waals surface area contributed by atoms with Gasteiger partial charge in [0, 0.05) is 0 Å². The summed E-state index contributed by atoms with van der Waals surface area (Å²) in [4.78, 5) is 30.2. The number of carbonyl (C=O) groups excluding carboxylic acids is 1. The molecule has 0 aliphatic heterocycles. The highest BCUT2D eigenvalue weighted by Crippen LogP contribution is 2.27. The number of primary amides is 1. The molecule has 110 valence electrons. The van der Waals surface area contributed by atoms with E-state index in [0.29, 0.717) is 28.0 Å². The van der Waals surface area contributed by atoms with Crippen LogP contribution in [-0.4, -0.2) is 22.5 Å². The molecule has 1 amide bonds. The zero-order valence-electron chi connectivity index (χ0n) is 11.6. The number of hydrogen-bond donors (Lipinski definition) is 2. The number of nitrogens with two attached hydrogens (primary N) is 1. The van der Waals surface area contributed by atoms with E-state index in [4.69, 9.17) is 10.5 Å². The van der Waals surface area contributed by atoms with Crippen LogP contribution in [-0.2, 0) is 4.79 Å². The molecule has 0 fully saturated rings. The number of carbonyl (C=O) groups is 1. The van der Waals surface area contributed by atoms with E-state index in [1.54, 1.807) is 42.5 Å². The molecule has 0 saturated heterocycles. The number of H-pyrrole nitrogens is 1. The second-order valence-electron chi connectivity index (χ2n) is 4.68. The topological polar surface area (TPSA) is 98.1 Å². The zero-order valence-corrected chi connectivity index (χ0v) is 11.6. The van der Waals surface area contributed by atoms with Gasteiger partial charge in [0.25, 0.3) is 11.5 Å². The molecule has 3 rings (SSSR count). The van der Waals surface area contributed by atoms with Crippen molar-refractivity contribution < 1.29 is 9.53 Å². The van der Waals surface area contributed by atoms with Crippen molar-refractivity contribution in [2.45, 2.75) is 0 Å². The van der Waals surface area contributed by atoms with Gasteiger partial charge in [-0.3, -0.25) is 9.59 Å². The van der Waals surface area contributed by atoms with Gasteiger partial charge < -0.3 is 15.5 Å². The van der Waals surface area contributed by atoms with E-state index in [1.165, 1.54) is 0 Å². The average molecular weight is 295 g/mol. The van der Waals surface area contributed by atoms with Crippen molar-refractivity contribution in [3.63, 3.8) is 0 Å². The summed E-state index contributed by atoms with van der Waals surface area (Å²) in [6, 6.07) is 14.1. The molecule has 3 aromatic rings. The van der Waals surface area contributed by atoms with Gasteiger partial charge in [0.2, 0.25) is 0 Å². The highest BCUT2D eigenvalue weighted by molar-refractivity contribution is 5.80. The summed E-state index contributed by atoms with van der Waals surface area (Å²) < 4.78 is 5.37. The van der Waals surface area contributed by atoms with E-state index in [2.05, 4.69) is 9.97 Å². The van der Waals surface area contributed by atoms with Gasteiger partial charge in [-0.25, -0.2) is 4.98 Å². The predicted octanol–water partition coefficient (Wildman–Crippen LogP) is 1.45. The van der Waals surface area contributed by atoms with Crippen LogP contribution in [0, 0.1) is 0 Å². The Bertz CT molecular complexity index is 902. The Hall–Kier alpha value is -3.15. The van der Waals surface area contributed by atoms with Crippen molar-refractivity contribution in [3.05, 3.63) is 58.9 Å². The maximum absolute atomic E-state index is 12.1. The van der Waals surface area contributed by atoms with Crippen LogP contribution in [0.4, 0.5) is 0 Å². The zero-order chi connectivity index (χ0) is 15.5. The fraction of sp³-hybridized carbons (Fsp3) is 0.0625. The minimum absolute atomic E-state index is 0.231. The maximum Gasteiger partial charge on any atom is 0.259 e. The molecule has 0 unspecified atom stereocenters. The van der Waals surface area contributed by atoms with Crippen molar-refractivity contribution in [1.29, 1.82) is 0 Å². The first-order valence-corrected chi connectivity index (χ1v) is 6.65. The van der Waals surface area contributed by atoms with Crippen molar-refractivity contribution in [1.82, 2.24) is 9.97 Å². The molecule has 1 heterocycles. The summed E-state index contributed by atoms with van der Waals surface area (Å²) in [5.74, 6) is 0.235. The molecular weight excluding hydrogens is 282 g/mol. The molecule has 0 bridgehead atoms. The van der Waals surface area contributed by atoms with E-state index in [1.807, 2.05) is 6.07 Å². The van der Waals surface area contributed by atoms with Crippen LogP contribution >= 0.6 is 0 Å². The van der Waals surface area contributed by atoms with Gasteiger partial charge in [0.15, 0.2) is 6.61 Å². The molecular formula is C16H13N3O3. The monoisotopic (exact) mass is 295 g/mol. The highest BCUT2D eigenvalue weighted by atomic mass is 16.5. The minimum Gasteiger partial charge on any atom is -0.483 e. The summed E-state index contributed by atoms with van der Waals surface area (Å²) in [6.07, 6.45) is 0. The number of aromatic amines is 1. The van der Waals surface area contributed by atoms with Crippen LogP contribution in [0.3, 0.4) is 0 Å². The smallest absolute Gasteiger partial charge is 0.259 e. The molecule has 1 aromatic heterocycles. The molecule has 0 aliphatic rings. The first-order valence-electron chi connectivity index (χ1n) is 6.65. The van der Waals surface area contributed by atoms with Crippen molar-refractivity contribution in [2.24, 2.45) is 5.73 Å². The summed E-state index contributed by atoms with van der Waals surface area (Å²) in [7, 11) is 0. The van der Waals surface area contributed by atoms with Gasteiger partial charge in [-0.2, -0.15) is 0 Å². The van der Waals surface area contributed by atoms with E-state index in [-0.39, 0.29) is 12.2 Å². The maximum atomic E-state index is 12.1. The number of ether oxygens (including phenoxy) is 1. The summed E-state index contributed by atoms with van der Waals surface area (Å²) in [6.45, 7) is -0.241. The van der Waals surface area contributed by atoms with Crippen molar-refractivity contribution in [3.8, 4) is 17.1 Å². The molecule has 0 spiro atoms.